The second-order valence-electron chi connectivity index (χ2n) is 15.9. The Labute approximate surface area is 308 Å². The van der Waals surface area contributed by atoms with Gasteiger partial charge in [0.2, 0.25) is 11.9 Å². The Bertz CT molecular complexity index is 1770. The van der Waals surface area contributed by atoms with Crippen LogP contribution in [0, 0.1) is 35.5 Å². The molecule has 3 saturated carbocycles. The molecule has 8 atom stereocenters. The van der Waals surface area contributed by atoms with Gasteiger partial charge in [0.25, 0.3) is 10.0 Å². The van der Waals surface area contributed by atoms with Gasteiger partial charge >= 0.3 is 6.09 Å². The standard InChI is InChI=1S/C40H55N5O6S/c1-26-11-14-30(15-12-26)52(49,50)45-37(41)42-23-7-10-34(43-38(48)51-25-27-8-5-4-6-9-27)36(47)44-35-18-17-32-31-16-13-28-24-29(46)19-21-39(28,2)33(31)20-22-40(32,35)3/h4-6,8-9,11-15,29,31-35,46H,7,10,16-25H2,1-3H3,(H,43,48)(H,44,47)(H3,41,42,45)/t29-,31-,32-,33-,34-,35+,39-,40-/m0/s1. The van der Waals surface area contributed by atoms with Crippen LogP contribution in [0.5, 0.6) is 0 Å². The van der Waals surface area contributed by atoms with Crippen LogP contribution in [0.3, 0.4) is 0 Å². The molecule has 0 spiro atoms. The van der Waals surface area contributed by atoms with Gasteiger partial charge in [-0.1, -0.05) is 73.5 Å². The van der Waals surface area contributed by atoms with Gasteiger partial charge in [-0.3, -0.25) is 9.79 Å². The number of hydrogen-bond acceptors (Lipinski definition) is 7. The Morgan fingerprint density at radius 2 is 1.77 bits per heavy atom. The van der Waals surface area contributed by atoms with Crippen LogP contribution in [0.1, 0.15) is 89.2 Å². The van der Waals surface area contributed by atoms with Crippen LogP contribution in [-0.4, -0.2) is 56.2 Å². The van der Waals surface area contributed by atoms with E-state index in [0.29, 0.717) is 24.2 Å². The van der Waals surface area contributed by atoms with E-state index >= 15 is 0 Å². The number of aliphatic imine (C=N–C) groups is 1. The first-order valence-corrected chi connectivity index (χ1v) is 20.3. The van der Waals surface area contributed by atoms with E-state index in [2.05, 4.69) is 40.3 Å². The summed E-state index contributed by atoms with van der Waals surface area (Å²) in [4.78, 5) is 31.3. The van der Waals surface area contributed by atoms with Gasteiger partial charge < -0.3 is 26.2 Å². The summed E-state index contributed by atoms with van der Waals surface area (Å²) in [6.45, 7) is 6.84. The molecule has 0 aliphatic heterocycles. The maximum Gasteiger partial charge on any atom is 0.408 e. The van der Waals surface area contributed by atoms with E-state index in [1.807, 2.05) is 37.3 Å². The number of aliphatic hydroxyl groups is 1. The molecule has 4 aliphatic carbocycles. The summed E-state index contributed by atoms with van der Waals surface area (Å²) in [6.07, 6.45) is 9.91. The number of allylic oxidation sites excluding steroid dienone is 1. The molecule has 11 nitrogen and oxygen atoms in total. The van der Waals surface area contributed by atoms with E-state index in [-0.39, 0.29) is 59.3 Å². The summed E-state index contributed by atoms with van der Waals surface area (Å²) in [5.74, 6) is 1.12. The number of guanidine groups is 1. The van der Waals surface area contributed by atoms with Crippen molar-refractivity contribution < 1.29 is 27.9 Å². The zero-order chi connectivity index (χ0) is 37.1. The minimum absolute atomic E-state index is 0.0215. The molecule has 0 radical (unpaired) electrons. The van der Waals surface area contributed by atoms with Crippen LogP contribution >= 0.6 is 0 Å². The number of aliphatic hydroxyl groups excluding tert-OH is 1. The van der Waals surface area contributed by atoms with E-state index in [0.717, 1.165) is 62.5 Å². The molecule has 4 aliphatic rings. The van der Waals surface area contributed by atoms with Crippen LogP contribution in [-0.2, 0) is 26.2 Å². The van der Waals surface area contributed by atoms with E-state index in [9.17, 15) is 23.1 Å². The molecule has 6 N–H and O–H groups in total. The number of hydrogen-bond donors (Lipinski definition) is 5. The third kappa shape index (κ3) is 8.17. The average Bonchev–Trinajstić information content (AvgIpc) is 3.45. The Kier molecular flexibility index (Phi) is 11.4. The molecular weight excluding hydrogens is 679 g/mol. The second-order valence-corrected chi connectivity index (χ2v) is 17.6. The minimum Gasteiger partial charge on any atom is -0.445 e. The van der Waals surface area contributed by atoms with Crippen LogP contribution in [0.15, 0.2) is 76.1 Å². The average molecular weight is 734 g/mol. The number of fused-ring (bicyclic) bond motifs is 5. The number of carbonyl (C=O) groups excluding carboxylic acids is 2. The fourth-order valence-electron chi connectivity index (χ4n) is 9.77. The van der Waals surface area contributed by atoms with Gasteiger partial charge in [-0.25, -0.2) is 17.9 Å². The topological polar surface area (TPSA) is 172 Å². The normalized spacial score (nSPS) is 30.5. The van der Waals surface area contributed by atoms with Crippen molar-refractivity contribution in [3.8, 4) is 0 Å². The number of rotatable bonds is 11. The van der Waals surface area contributed by atoms with Gasteiger partial charge in [-0.05, 0) is 117 Å². The van der Waals surface area contributed by atoms with Gasteiger partial charge in [0, 0.05) is 12.6 Å². The lowest BCUT2D eigenvalue weighted by molar-refractivity contribution is -0.125. The van der Waals surface area contributed by atoms with E-state index in [4.69, 9.17) is 10.5 Å². The predicted molar refractivity (Wildman–Crippen MR) is 200 cm³/mol. The molecule has 52 heavy (non-hydrogen) atoms. The second kappa shape index (κ2) is 15.6. The number of nitrogens with zero attached hydrogens (tertiary/aromatic N) is 1. The molecule has 0 heterocycles. The molecular formula is C40H55N5O6S. The summed E-state index contributed by atoms with van der Waals surface area (Å²) in [5, 5.41) is 16.5. The SMILES string of the molecule is Cc1ccc(S(=O)(=O)NC(N)=NCCC[C@H](NC(=O)OCc2ccccc2)C(=O)N[C@@H]2CC[C@H]3[C@@H]4CC=C5C[C@@H](O)CC[C@]5(C)[C@H]4CC[C@]23C)cc1. The first-order chi connectivity index (χ1) is 24.8. The van der Waals surface area contributed by atoms with Crippen molar-refractivity contribution in [3.05, 3.63) is 77.4 Å². The lowest BCUT2D eigenvalue weighted by Crippen LogP contribution is -2.56. The van der Waals surface area contributed by atoms with Gasteiger partial charge in [0.15, 0.2) is 0 Å². The number of carbonyl (C=O) groups is 2. The zero-order valence-electron chi connectivity index (χ0n) is 30.6. The van der Waals surface area contributed by atoms with E-state index in [1.165, 1.54) is 17.7 Å². The highest BCUT2D eigenvalue weighted by Gasteiger charge is 2.59. The third-order valence-corrected chi connectivity index (χ3v) is 14.1. The summed E-state index contributed by atoms with van der Waals surface area (Å²) < 4.78 is 33.2. The quantitative estimate of drug-likeness (QED) is 0.0882. The Balaban J connectivity index is 1.09. The van der Waals surface area contributed by atoms with Crippen molar-refractivity contribution in [1.82, 2.24) is 15.4 Å². The summed E-state index contributed by atoms with van der Waals surface area (Å²) in [5.41, 5.74) is 9.24. The van der Waals surface area contributed by atoms with Crippen molar-refractivity contribution in [3.63, 3.8) is 0 Å². The Morgan fingerprint density at radius 3 is 2.52 bits per heavy atom. The molecule has 2 aromatic rings. The molecule has 0 bridgehead atoms. The molecule has 12 heteroatoms. The Morgan fingerprint density at radius 1 is 1.02 bits per heavy atom. The van der Waals surface area contributed by atoms with Crippen molar-refractivity contribution >= 4 is 28.0 Å². The number of benzene rings is 2. The maximum absolute atomic E-state index is 14.0. The highest BCUT2D eigenvalue weighted by atomic mass is 32.2. The van der Waals surface area contributed by atoms with Crippen LogP contribution < -0.4 is 21.1 Å². The largest absolute Gasteiger partial charge is 0.445 e. The van der Waals surface area contributed by atoms with Crippen molar-refractivity contribution in [1.29, 1.82) is 0 Å². The highest BCUT2D eigenvalue weighted by molar-refractivity contribution is 7.90. The van der Waals surface area contributed by atoms with Crippen LogP contribution in [0.2, 0.25) is 0 Å². The van der Waals surface area contributed by atoms with Crippen LogP contribution in [0.4, 0.5) is 4.79 Å². The van der Waals surface area contributed by atoms with Crippen LogP contribution in [0.25, 0.3) is 0 Å². The molecule has 2 aromatic carbocycles. The molecule has 282 valence electrons. The number of nitrogens with two attached hydrogens (primary N) is 1. The maximum atomic E-state index is 14.0. The van der Waals surface area contributed by atoms with Gasteiger partial charge in [-0.15, -0.1) is 0 Å². The zero-order valence-corrected chi connectivity index (χ0v) is 31.5. The fraction of sp³-hybridized carbons (Fsp3) is 0.575. The molecule has 0 unspecified atom stereocenters. The first kappa shape index (κ1) is 37.8. The molecule has 6 rings (SSSR count). The smallest absolute Gasteiger partial charge is 0.408 e. The number of ether oxygens (including phenoxy) is 1. The van der Waals surface area contributed by atoms with Gasteiger partial charge in [0.05, 0.1) is 11.0 Å². The van der Waals surface area contributed by atoms with E-state index in [1.54, 1.807) is 12.1 Å². The third-order valence-electron chi connectivity index (χ3n) is 12.7. The number of alkyl carbamates (subject to hydrolysis) is 1. The number of amides is 2. The number of sulfonamides is 1. The molecule has 2 amide bonds. The summed E-state index contributed by atoms with van der Waals surface area (Å²) in [7, 11) is -3.89. The van der Waals surface area contributed by atoms with Crippen molar-refractivity contribution in [2.75, 3.05) is 6.54 Å². The minimum atomic E-state index is -3.89. The van der Waals surface area contributed by atoms with Gasteiger partial charge in [-0.2, -0.15) is 0 Å². The Hall–Kier alpha value is -3.90. The van der Waals surface area contributed by atoms with Crippen molar-refractivity contribution in [2.24, 2.45) is 39.3 Å². The number of nitrogens with one attached hydrogen (secondary N) is 3. The van der Waals surface area contributed by atoms with E-state index < -0.39 is 22.2 Å². The molecule has 0 aromatic heterocycles. The monoisotopic (exact) mass is 733 g/mol. The van der Waals surface area contributed by atoms with Gasteiger partial charge in [0.1, 0.15) is 12.6 Å². The molecule has 0 saturated heterocycles. The first-order valence-electron chi connectivity index (χ1n) is 18.8. The fourth-order valence-corrected chi connectivity index (χ4v) is 10.7. The van der Waals surface area contributed by atoms with Crippen molar-refractivity contribution in [2.45, 2.75) is 115 Å². The lowest BCUT2D eigenvalue weighted by atomic mass is 9.48. The molecule has 3 fully saturated rings. The summed E-state index contributed by atoms with van der Waals surface area (Å²) >= 11 is 0. The predicted octanol–water partition coefficient (Wildman–Crippen LogP) is 5.47. The number of aryl methyl sites for hydroxylation is 1. The summed E-state index contributed by atoms with van der Waals surface area (Å²) in [6, 6.07) is 14.8. The highest BCUT2D eigenvalue weighted by Crippen LogP contribution is 2.64. The lowest BCUT2D eigenvalue weighted by Gasteiger charge is -2.58.